The number of β-amino-alcohol motifs (C(OH)–C–C–N with tert-alkyl or cyclic N) is 1. The van der Waals surface area contributed by atoms with E-state index in [1.54, 1.807) is 12.1 Å². The number of amides is 1. The Kier molecular flexibility index (Phi) is 3.27. The molecule has 118 valence electrons. The summed E-state index contributed by atoms with van der Waals surface area (Å²) in [7, 11) is 0. The number of primary amides is 1. The minimum atomic E-state index is -0.431. The number of carbonyl (C=O) groups excluding carboxylic acids is 1. The highest BCUT2D eigenvalue weighted by molar-refractivity contribution is 5.93. The SMILES string of the molecule is NC(=O)c1ccc(-c2nc(N3CC(O)C3)nc3c2CCC3)cc1. The van der Waals surface area contributed by atoms with Crippen molar-refractivity contribution in [3.8, 4) is 11.3 Å². The van der Waals surface area contributed by atoms with Crippen LogP contribution in [0.1, 0.15) is 28.0 Å². The third kappa shape index (κ3) is 2.45. The predicted molar refractivity (Wildman–Crippen MR) is 86.2 cm³/mol. The molecule has 0 radical (unpaired) electrons. The monoisotopic (exact) mass is 310 g/mol. The van der Waals surface area contributed by atoms with Gasteiger partial charge in [0.05, 0.1) is 11.8 Å². The second-order valence-corrected chi connectivity index (χ2v) is 6.15. The van der Waals surface area contributed by atoms with Crippen molar-refractivity contribution < 1.29 is 9.90 Å². The van der Waals surface area contributed by atoms with E-state index in [2.05, 4.69) is 4.98 Å². The minimum absolute atomic E-state index is 0.287. The van der Waals surface area contributed by atoms with Crippen molar-refractivity contribution >= 4 is 11.9 Å². The molecular weight excluding hydrogens is 292 g/mol. The van der Waals surface area contributed by atoms with E-state index < -0.39 is 5.91 Å². The van der Waals surface area contributed by atoms with Crippen molar-refractivity contribution in [2.24, 2.45) is 5.73 Å². The number of hydrogen-bond acceptors (Lipinski definition) is 5. The summed E-state index contributed by atoms with van der Waals surface area (Å²) in [5, 5.41) is 9.50. The van der Waals surface area contributed by atoms with Crippen LogP contribution in [0.15, 0.2) is 24.3 Å². The summed E-state index contributed by atoms with van der Waals surface area (Å²) < 4.78 is 0. The van der Waals surface area contributed by atoms with Crippen molar-refractivity contribution in [1.29, 1.82) is 0 Å². The lowest BCUT2D eigenvalue weighted by molar-refractivity contribution is 0.100. The van der Waals surface area contributed by atoms with Crippen LogP contribution in [0, 0.1) is 0 Å². The van der Waals surface area contributed by atoms with E-state index in [0.717, 1.165) is 36.2 Å². The maximum Gasteiger partial charge on any atom is 0.248 e. The second kappa shape index (κ2) is 5.31. The van der Waals surface area contributed by atoms with E-state index in [4.69, 9.17) is 10.7 Å². The summed E-state index contributed by atoms with van der Waals surface area (Å²) >= 11 is 0. The molecule has 4 rings (SSSR count). The first kappa shape index (κ1) is 14.1. The Morgan fingerprint density at radius 3 is 2.57 bits per heavy atom. The molecular formula is C17H18N4O2. The van der Waals surface area contributed by atoms with Gasteiger partial charge in [-0.05, 0) is 31.4 Å². The smallest absolute Gasteiger partial charge is 0.248 e. The molecule has 1 saturated heterocycles. The predicted octanol–water partition coefficient (Wildman–Crippen LogP) is 0.912. The average molecular weight is 310 g/mol. The lowest BCUT2D eigenvalue weighted by Crippen LogP contribution is -2.51. The van der Waals surface area contributed by atoms with E-state index in [9.17, 15) is 9.90 Å². The van der Waals surface area contributed by atoms with Crippen LogP contribution in [0.5, 0.6) is 0 Å². The number of nitrogens with two attached hydrogens (primary N) is 1. The molecule has 2 aliphatic rings. The van der Waals surface area contributed by atoms with Crippen LogP contribution in [-0.2, 0) is 12.8 Å². The number of hydrogen-bond donors (Lipinski definition) is 2. The van der Waals surface area contributed by atoms with Gasteiger partial charge in [0.2, 0.25) is 11.9 Å². The summed E-state index contributed by atoms with van der Waals surface area (Å²) in [6.07, 6.45) is 2.74. The first-order chi connectivity index (χ1) is 11.1. The van der Waals surface area contributed by atoms with Crippen molar-refractivity contribution in [3.63, 3.8) is 0 Å². The van der Waals surface area contributed by atoms with Crippen LogP contribution in [0.4, 0.5) is 5.95 Å². The Morgan fingerprint density at radius 2 is 1.91 bits per heavy atom. The molecule has 0 atom stereocenters. The summed E-state index contributed by atoms with van der Waals surface area (Å²) in [5.74, 6) is 0.254. The Labute approximate surface area is 134 Å². The first-order valence-electron chi connectivity index (χ1n) is 7.85. The molecule has 0 unspecified atom stereocenters. The van der Waals surface area contributed by atoms with Gasteiger partial charge >= 0.3 is 0 Å². The zero-order valence-electron chi connectivity index (χ0n) is 12.7. The van der Waals surface area contributed by atoms with Gasteiger partial charge in [0, 0.05) is 35.5 Å². The fourth-order valence-electron chi connectivity index (χ4n) is 3.21. The second-order valence-electron chi connectivity index (χ2n) is 6.15. The summed E-state index contributed by atoms with van der Waals surface area (Å²) in [6.45, 7) is 1.16. The van der Waals surface area contributed by atoms with E-state index in [1.807, 2.05) is 17.0 Å². The standard InChI is InChI=1S/C17H18N4O2/c18-16(23)11-6-4-10(5-7-11)15-13-2-1-3-14(13)19-17(20-15)21-8-12(22)9-21/h4-7,12,22H,1-3,8-9H2,(H2,18,23). The molecule has 1 aromatic heterocycles. The highest BCUT2D eigenvalue weighted by Crippen LogP contribution is 2.32. The molecule has 1 aromatic carbocycles. The maximum atomic E-state index is 11.2. The maximum absolute atomic E-state index is 11.2. The number of benzene rings is 1. The molecule has 2 aromatic rings. The molecule has 3 N–H and O–H groups in total. The third-order valence-electron chi connectivity index (χ3n) is 4.51. The topological polar surface area (TPSA) is 92.3 Å². The van der Waals surface area contributed by atoms with Gasteiger partial charge in [0.15, 0.2) is 0 Å². The van der Waals surface area contributed by atoms with E-state index in [0.29, 0.717) is 24.6 Å². The molecule has 6 nitrogen and oxygen atoms in total. The van der Waals surface area contributed by atoms with Crippen LogP contribution in [0.3, 0.4) is 0 Å². The van der Waals surface area contributed by atoms with Gasteiger partial charge in [-0.1, -0.05) is 12.1 Å². The zero-order chi connectivity index (χ0) is 16.0. The van der Waals surface area contributed by atoms with Crippen molar-refractivity contribution in [2.75, 3.05) is 18.0 Å². The van der Waals surface area contributed by atoms with Crippen molar-refractivity contribution in [2.45, 2.75) is 25.4 Å². The lowest BCUT2D eigenvalue weighted by Gasteiger charge is -2.36. The number of aliphatic hydroxyl groups excluding tert-OH is 1. The van der Waals surface area contributed by atoms with Crippen molar-refractivity contribution in [1.82, 2.24) is 9.97 Å². The molecule has 1 aliphatic heterocycles. The van der Waals surface area contributed by atoms with Gasteiger partial charge in [-0.25, -0.2) is 9.97 Å². The Hall–Kier alpha value is -2.47. The number of aryl methyl sites for hydroxylation is 1. The quantitative estimate of drug-likeness (QED) is 0.879. The number of anilines is 1. The molecule has 2 heterocycles. The van der Waals surface area contributed by atoms with Gasteiger partial charge in [-0.3, -0.25) is 4.79 Å². The van der Waals surface area contributed by atoms with E-state index in [1.165, 1.54) is 5.56 Å². The largest absolute Gasteiger partial charge is 0.389 e. The molecule has 0 saturated carbocycles. The summed E-state index contributed by atoms with van der Waals surface area (Å²) in [4.78, 5) is 22.6. The molecule has 1 amide bonds. The number of nitrogens with zero attached hydrogens (tertiary/aromatic N) is 3. The van der Waals surface area contributed by atoms with Crippen molar-refractivity contribution in [3.05, 3.63) is 41.1 Å². The van der Waals surface area contributed by atoms with E-state index >= 15 is 0 Å². The number of fused-ring (bicyclic) bond motifs is 1. The molecule has 6 heteroatoms. The first-order valence-corrected chi connectivity index (χ1v) is 7.85. The Bertz CT molecular complexity index is 767. The highest BCUT2D eigenvalue weighted by atomic mass is 16.3. The van der Waals surface area contributed by atoms with Gasteiger partial charge in [-0.15, -0.1) is 0 Å². The summed E-state index contributed by atoms with van der Waals surface area (Å²) in [5.41, 5.74) is 9.99. The fourth-order valence-corrected chi connectivity index (χ4v) is 3.21. The number of carbonyl (C=O) groups is 1. The molecule has 0 bridgehead atoms. The normalized spacial score (nSPS) is 17.0. The average Bonchev–Trinajstić information content (AvgIpc) is 2.99. The van der Waals surface area contributed by atoms with Crippen LogP contribution in [0.2, 0.25) is 0 Å². The summed E-state index contributed by atoms with van der Waals surface area (Å²) in [6, 6.07) is 7.23. The van der Waals surface area contributed by atoms with Gasteiger partial charge in [-0.2, -0.15) is 0 Å². The number of aliphatic hydroxyl groups is 1. The Balaban J connectivity index is 1.76. The van der Waals surface area contributed by atoms with Crippen LogP contribution >= 0.6 is 0 Å². The van der Waals surface area contributed by atoms with E-state index in [-0.39, 0.29) is 6.10 Å². The van der Waals surface area contributed by atoms with Crippen LogP contribution < -0.4 is 10.6 Å². The fraction of sp³-hybridized carbons (Fsp3) is 0.353. The van der Waals surface area contributed by atoms with Gasteiger partial charge < -0.3 is 15.7 Å². The lowest BCUT2D eigenvalue weighted by atomic mass is 10.0. The number of rotatable bonds is 3. The molecule has 23 heavy (non-hydrogen) atoms. The molecule has 0 spiro atoms. The van der Waals surface area contributed by atoms with Crippen LogP contribution in [-0.4, -0.2) is 40.2 Å². The van der Waals surface area contributed by atoms with Gasteiger partial charge in [0.25, 0.3) is 0 Å². The minimum Gasteiger partial charge on any atom is -0.389 e. The number of aromatic nitrogens is 2. The molecule has 1 aliphatic carbocycles. The van der Waals surface area contributed by atoms with Gasteiger partial charge in [0.1, 0.15) is 0 Å². The molecule has 1 fully saturated rings. The Morgan fingerprint density at radius 1 is 1.17 bits per heavy atom. The van der Waals surface area contributed by atoms with Crippen LogP contribution in [0.25, 0.3) is 11.3 Å². The zero-order valence-corrected chi connectivity index (χ0v) is 12.7. The highest BCUT2D eigenvalue weighted by Gasteiger charge is 2.29. The third-order valence-corrected chi connectivity index (χ3v) is 4.51.